The zero-order valence-electron chi connectivity index (χ0n) is 5.73. The third-order valence-electron chi connectivity index (χ3n) is 1.20. The first-order chi connectivity index (χ1) is 5.66. The van der Waals surface area contributed by atoms with E-state index in [1.807, 2.05) is 0 Å². The predicted molar refractivity (Wildman–Crippen MR) is 44.0 cm³/mol. The van der Waals surface area contributed by atoms with Gasteiger partial charge in [0.2, 0.25) is 0 Å². The molecule has 1 heterocycles. The molecule has 0 radical (unpaired) electrons. The third kappa shape index (κ3) is 1.48. The van der Waals surface area contributed by atoms with Crippen LogP contribution in [-0.2, 0) is 0 Å². The van der Waals surface area contributed by atoms with Crippen LogP contribution in [0, 0.1) is 10.1 Å². The monoisotopic (exact) mass is 230 g/mol. The number of rotatable bonds is 2. The van der Waals surface area contributed by atoms with Crippen LogP contribution in [-0.4, -0.2) is 16.2 Å². The van der Waals surface area contributed by atoms with Crippen LogP contribution in [0.5, 0.6) is 0 Å². The molecule has 0 aliphatic rings. The Morgan fingerprint density at radius 2 is 2.33 bits per heavy atom. The molecule has 0 saturated carbocycles. The summed E-state index contributed by atoms with van der Waals surface area (Å²) in [6, 6.07) is 1.22. The van der Waals surface area contributed by atoms with Gasteiger partial charge in [0.15, 0.2) is 6.29 Å². The maximum Gasteiger partial charge on any atom is 0.287 e. The van der Waals surface area contributed by atoms with Crippen molar-refractivity contribution in [3.63, 3.8) is 0 Å². The molecular weight excluding hydrogens is 228 g/mol. The van der Waals surface area contributed by atoms with Crippen molar-refractivity contribution in [2.45, 2.75) is 0 Å². The standard InChI is InChI=1S/C6H3BrN2O3/c7-6-4(3-10)8-2-1-5(6)9(11)12/h1-3H. The van der Waals surface area contributed by atoms with E-state index in [0.717, 1.165) is 0 Å². The van der Waals surface area contributed by atoms with Gasteiger partial charge in [0.05, 0.1) is 4.92 Å². The molecule has 1 aromatic rings. The van der Waals surface area contributed by atoms with E-state index in [2.05, 4.69) is 20.9 Å². The van der Waals surface area contributed by atoms with Crippen LogP contribution in [0.1, 0.15) is 10.5 Å². The minimum atomic E-state index is -0.585. The number of hydrogen-bond acceptors (Lipinski definition) is 4. The van der Waals surface area contributed by atoms with E-state index < -0.39 is 4.92 Å². The van der Waals surface area contributed by atoms with E-state index in [4.69, 9.17) is 0 Å². The summed E-state index contributed by atoms with van der Waals surface area (Å²) in [5.41, 5.74) is -0.128. The van der Waals surface area contributed by atoms with Gasteiger partial charge in [-0.15, -0.1) is 0 Å². The molecule has 5 nitrogen and oxygen atoms in total. The number of hydrogen-bond donors (Lipinski definition) is 0. The summed E-state index contributed by atoms with van der Waals surface area (Å²) < 4.78 is 0.116. The van der Waals surface area contributed by atoms with Crippen LogP contribution >= 0.6 is 15.9 Å². The molecule has 0 amide bonds. The van der Waals surface area contributed by atoms with Crippen LogP contribution in [0.25, 0.3) is 0 Å². The van der Waals surface area contributed by atoms with Crippen molar-refractivity contribution in [3.8, 4) is 0 Å². The topological polar surface area (TPSA) is 73.1 Å². The van der Waals surface area contributed by atoms with Gasteiger partial charge >= 0.3 is 0 Å². The van der Waals surface area contributed by atoms with Gasteiger partial charge in [-0.25, -0.2) is 0 Å². The van der Waals surface area contributed by atoms with Crippen molar-refractivity contribution in [3.05, 3.63) is 32.5 Å². The van der Waals surface area contributed by atoms with Crippen molar-refractivity contribution >= 4 is 27.9 Å². The SMILES string of the molecule is O=Cc1nccc([N+](=O)[O-])c1Br. The fourth-order valence-electron chi connectivity index (χ4n) is 0.672. The average molecular weight is 231 g/mol. The maximum absolute atomic E-state index is 10.3. The quantitative estimate of drug-likeness (QED) is 0.439. The summed E-state index contributed by atoms with van der Waals surface area (Å²) in [7, 11) is 0. The number of carbonyl (C=O) groups is 1. The summed E-state index contributed by atoms with van der Waals surface area (Å²) in [6.07, 6.45) is 1.67. The van der Waals surface area contributed by atoms with E-state index in [1.165, 1.54) is 12.3 Å². The van der Waals surface area contributed by atoms with E-state index in [0.29, 0.717) is 6.29 Å². The summed E-state index contributed by atoms with van der Waals surface area (Å²) in [4.78, 5) is 23.6. The molecule has 0 aliphatic heterocycles. The van der Waals surface area contributed by atoms with Gasteiger partial charge in [0.25, 0.3) is 5.69 Å². The first-order valence-corrected chi connectivity index (χ1v) is 3.70. The summed E-state index contributed by atoms with van der Waals surface area (Å²) in [5.74, 6) is 0. The van der Waals surface area contributed by atoms with Crippen LogP contribution < -0.4 is 0 Å². The van der Waals surface area contributed by atoms with E-state index in [-0.39, 0.29) is 15.9 Å². The molecule has 0 spiro atoms. The second-order valence-electron chi connectivity index (χ2n) is 1.90. The van der Waals surface area contributed by atoms with Crippen molar-refractivity contribution in [2.75, 3.05) is 0 Å². The Balaban J connectivity index is 3.32. The molecule has 0 N–H and O–H groups in total. The summed E-state index contributed by atoms with van der Waals surface area (Å²) in [5, 5.41) is 10.3. The van der Waals surface area contributed by atoms with Gasteiger partial charge in [-0.1, -0.05) is 0 Å². The van der Waals surface area contributed by atoms with Gasteiger partial charge in [0, 0.05) is 12.3 Å². The van der Waals surface area contributed by atoms with E-state index >= 15 is 0 Å². The highest BCUT2D eigenvalue weighted by molar-refractivity contribution is 9.10. The third-order valence-corrected chi connectivity index (χ3v) is 2.02. The number of nitrogens with zero attached hydrogens (tertiary/aromatic N) is 2. The summed E-state index contributed by atoms with van der Waals surface area (Å²) >= 11 is 2.91. The Kier molecular flexibility index (Phi) is 2.49. The van der Waals surface area contributed by atoms with E-state index in [9.17, 15) is 14.9 Å². The molecule has 0 unspecified atom stereocenters. The Bertz CT molecular complexity index is 340. The zero-order chi connectivity index (χ0) is 9.14. The molecule has 0 atom stereocenters. The second kappa shape index (κ2) is 3.40. The van der Waals surface area contributed by atoms with Crippen LogP contribution in [0.3, 0.4) is 0 Å². The van der Waals surface area contributed by atoms with Crippen LogP contribution in [0.4, 0.5) is 5.69 Å². The van der Waals surface area contributed by atoms with Crippen LogP contribution in [0.15, 0.2) is 16.7 Å². The number of halogens is 1. The normalized spacial score (nSPS) is 9.42. The number of pyridine rings is 1. The average Bonchev–Trinajstić information content (AvgIpc) is 2.04. The molecule has 0 aromatic carbocycles. The molecule has 12 heavy (non-hydrogen) atoms. The van der Waals surface area contributed by atoms with Gasteiger partial charge in [-0.05, 0) is 15.9 Å². The fraction of sp³-hybridized carbons (Fsp3) is 0. The lowest BCUT2D eigenvalue weighted by Gasteiger charge is -1.95. The fourth-order valence-corrected chi connectivity index (χ4v) is 1.15. The lowest BCUT2D eigenvalue weighted by Crippen LogP contribution is -1.94. The highest BCUT2D eigenvalue weighted by atomic mass is 79.9. The second-order valence-corrected chi connectivity index (χ2v) is 2.70. The molecule has 1 rings (SSSR count). The Labute approximate surface area is 75.7 Å². The minimum absolute atomic E-state index is 0.0317. The lowest BCUT2D eigenvalue weighted by molar-refractivity contribution is -0.385. The molecule has 6 heteroatoms. The molecule has 0 bridgehead atoms. The lowest BCUT2D eigenvalue weighted by atomic mass is 10.3. The van der Waals surface area contributed by atoms with Gasteiger partial charge in [-0.3, -0.25) is 19.9 Å². The van der Waals surface area contributed by atoms with Crippen molar-refractivity contribution in [1.29, 1.82) is 0 Å². The molecular formula is C6H3BrN2O3. The highest BCUT2D eigenvalue weighted by Gasteiger charge is 2.14. The van der Waals surface area contributed by atoms with E-state index in [1.54, 1.807) is 0 Å². The first kappa shape index (κ1) is 8.79. The molecule has 0 aliphatic carbocycles. The van der Waals surface area contributed by atoms with Gasteiger partial charge < -0.3 is 0 Å². The Hall–Kier alpha value is -1.30. The van der Waals surface area contributed by atoms with Gasteiger partial charge in [0.1, 0.15) is 10.2 Å². The molecule has 62 valence electrons. The molecule has 0 saturated heterocycles. The molecule has 1 aromatic heterocycles. The maximum atomic E-state index is 10.3. The number of carbonyl (C=O) groups excluding carboxylic acids is 1. The minimum Gasteiger partial charge on any atom is -0.296 e. The number of aldehydes is 1. The smallest absolute Gasteiger partial charge is 0.287 e. The van der Waals surface area contributed by atoms with Gasteiger partial charge in [-0.2, -0.15) is 0 Å². The largest absolute Gasteiger partial charge is 0.296 e. The predicted octanol–water partition coefficient (Wildman–Crippen LogP) is 1.56. The van der Waals surface area contributed by atoms with Crippen molar-refractivity contribution < 1.29 is 9.72 Å². The number of aromatic nitrogens is 1. The van der Waals surface area contributed by atoms with Crippen LogP contribution in [0.2, 0.25) is 0 Å². The van der Waals surface area contributed by atoms with Crippen molar-refractivity contribution in [2.24, 2.45) is 0 Å². The Morgan fingerprint density at radius 3 is 2.83 bits per heavy atom. The first-order valence-electron chi connectivity index (χ1n) is 2.91. The van der Waals surface area contributed by atoms with Crippen molar-refractivity contribution in [1.82, 2.24) is 4.98 Å². The number of nitro groups is 1. The highest BCUT2D eigenvalue weighted by Crippen LogP contribution is 2.25. The Morgan fingerprint density at radius 1 is 1.67 bits per heavy atom. The zero-order valence-corrected chi connectivity index (χ0v) is 7.32. The molecule has 0 fully saturated rings. The summed E-state index contributed by atoms with van der Waals surface area (Å²) in [6.45, 7) is 0.